The van der Waals surface area contributed by atoms with Crippen molar-refractivity contribution in [1.82, 2.24) is 5.16 Å². The van der Waals surface area contributed by atoms with E-state index in [4.69, 9.17) is 19.3 Å². The number of carbonyl (C=O) groups is 2. The summed E-state index contributed by atoms with van der Waals surface area (Å²) in [5, 5.41) is 14.7. The molecule has 8 nitrogen and oxygen atoms in total. The molecular weight excluding hydrogens is 302 g/mol. The summed E-state index contributed by atoms with van der Waals surface area (Å²) in [6.07, 6.45) is -0.836. The predicted molar refractivity (Wildman–Crippen MR) is 77.4 cm³/mol. The summed E-state index contributed by atoms with van der Waals surface area (Å²) in [5.74, 6) is -1.08. The average molecular weight is 315 g/mol. The van der Waals surface area contributed by atoms with Crippen molar-refractivity contribution in [3.8, 4) is 6.07 Å². The van der Waals surface area contributed by atoms with Gasteiger partial charge in [0.15, 0.2) is 5.56 Å². The molecule has 0 aliphatic heterocycles. The summed E-state index contributed by atoms with van der Waals surface area (Å²) in [5.41, 5.74) is 0.278. The third kappa shape index (κ3) is 4.07. The first-order valence-corrected chi connectivity index (χ1v) is 6.70. The number of carbonyl (C=O) groups excluding carboxylic acids is 2. The Morgan fingerprint density at radius 3 is 2.70 bits per heavy atom. The lowest BCUT2D eigenvalue weighted by molar-refractivity contribution is 0.0514. The highest BCUT2D eigenvalue weighted by Gasteiger charge is 2.24. The number of nitrogens with one attached hydrogen (secondary N) is 1. The molecule has 0 saturated heterocycles. The van der Waals surface area contributed by atoms with E-state index >= 15 is 0 Å². The van der Waals surface area contributed by atoms with Crippen LogP contribution in [0.15, 0.2) is 34.9 Å². The lowest BCUT2D eigenvalue weighted by Gasteiger charge is -2.04. The van der Waals surface area contributed by atoms with Crippen molar-refractivity contribution in [3.05, 3.63) is 47.2 Å². The molecular formula is C15H13N3O5. The zero-order chi connectivity index (χ0) is 16.7. The van der Waals surface area contributed by atoms with Gasteiger partial charge >= 0.3 is 12.1 Å². The van der Waals surface area contributed by atoms with E-state index in [9.17, 15) is 9.59 Å². The van der Waals surface area contributed by atoms with Gasteiger partial charge in [-0.1, -0.05) is 35.5 Å². The second-order valence-corrected chi connectivity index (χ2v) is 4.25. The Labute approximate surface area is 131 Å². The summed E-state index contributed by atoms with van der Waals surface area (Å²) in [7, 11) is 0. The highest BCUT2D eigenvalue weighted by Crippen LogP contribution is 2.20. The Bertz CT molecular complexity index is 733. The maximum Gasteiger partial charge on any atom is 0.414 e. The zero-order valence-electron chi connectivity index (χ0n) is 12.2. The zero-order valence-corrected chi connectivity index (χ0v) is 12.2. The van der Waals surface area contributed by atoms with Crippen molar-refractivity contribution in [1.29, 1.82) is 5.26 Å². The molecule has 23 heavy (non-hydrogen) atoms. The number of nitriles is 1. The third-order valence-corrected chi connectivity index (χ3v) is 2.70. The molecule has 0 saturated carbocycles. The van der Waals surface area contributed by atoms with Gasteiger partial charge in [-0.2, -0.15) is 5.26 Å². The first-order chi connectivity index (χ1) is 11.2. The largest absolute Gasteiger partial charge is 0.461 e. The number of benzene rings is 1. The maximum absolute atomic E-state index is 11.7. The number of esters is 1. The van der Waals surface area contributed by atoms with E-state index in [0.29, 0.717) is 0 Å². The maximum atomic E-state index is 11.7. The number of hydrogen-bond donors (Lipinski definition) is 1. The molecule has 0 bridgehead atoms. The molecule has 2 rings (SSSR count). The predicted octanol–water partition coefficient (Wildman–Crippen LogP) is 2.47. The molecule has 0 aliphatic rings. The number of rotatable bonds is 5. The molecule has 2 aromatic rings. The third-order valence-electron chi connectivity index (χ3n) is 2.70. The summed E-state index contributed by atoms with van der Waals surface area (Å²) in [6, 6.07) is 10.8. The van der Waals surface area contributed by atoms with Crippen molar-refractivity contribution < 1.29 is 23.6 Å². The minimum absolute atomic E-state index is 0.0490. The number of amides is 1. The topological polar surface area (TPSA) is 114 Å². The molecule has 0 atom stereocenters. The van der Waals surface area contributed by atoms with Gasteiger partial charge in [-0.25, -0.2) is 9.59 Å². The second kappa shape index (κ2) is 7.61. The molecule has 0 spiro atoms. The smallest absolute Gasteiger partial charge is 0.414 e. The van der Waals surface area contributed by atoms with E-state index in [0.717, 1.165) is 5.56 Å². The Hall–Kier alpha value is -3.34. The number of hydrogen-bond acceptors (Lipinski definition) is 7. The van der Waals surface area contributed by atoms with E-state index in [-0.39, 0.29) is 30.4 Å². The molecule has 1 heterocycles. The fourth-order valence-corrected chi connectivity index (χ4v) is 1.67. The van der Waals surface area contributed by atoms with Crippen LogP contribution in [0.4, 0.5) is 10.7 Å². The van der Waals surface area contributed by atoms with Gasteiger partial charge in [0.2, 0.25) is 5.69 Å². The normalized spacial score (nSPS) is 9.74. The van der Waals surface area contributed by atoms with Crippen LogP contribution in [0.25, 0.3) is 0 Å². The van der Waals surface area contributed by atoms with Crippen molar-refractivity contribution in [3.63, 3.8) is 0 Å². The van der Waals surface area contributed by atoms with Crippen molar-refractivity contribution >= 4 is 17.9 Å². The van der Waals surface area contributed by atoms with E-state index in [1.165, 1.54) is 0 Å². The van der Waals surface area contributed by atoms with Crippen LogP contribution in [0, 0.1) is 11.3 Å². The number of aromatic nitrogens is 1. The summed E-state index contributed by atoms with van der Waals surface area (Å²) in [6.45, 7) is 1.79. The van der Waals surface area contributed by atoms with Gasteiger partial charge in [0.05, 0.1) is 6.61 Å². The Kier molecular flexibility index (Phi) is 5.30. The SMILES string of the molecule is CCOC(=O)c1noc(NC(=O)OCc2ccccc2)c1C#N. The van der Waals surface area contributed by atoms with Crippen LogP contribution in [0.1, 0.15) is 28.5 Å². The lowest BCUT2D eigenvalue weighted by atomic mass is 10.2. The molecule has 0 radical (unpaired) electrons. The average Bonchev–Trinajstić information content (AvgIpc) is 2.97. The highest BCUT2D eigenvalue weighted by atomic mass is 16.6. The number of nitrogens with zero attached hydrogens (tertiary/aromatic N) is 2. The molecule has 0 fully saturated rings. The molecule has 0 unspecified atom stereocenters. The van der Waals surface area contributed by atoms with Crippen LogP contribution < -0.4 is 5.32 Å². The Morgan fingerprint density at radius 1 is 1.30 bits per heavy atom. The van der Waals surface area contributed by atoms with Gasteiger partial charge in [0.25, 0.3) is 5.88 Å². The van der Waals surface area contributed by atoms with Crippen molar-refractivity contribution in [2.45, 2.75) is 13.5 Å². The number of anilines is 1. The standard InChI is InChI=1S/C15H13N3O5/c1-2-21-14(19)12-11(8-16)13(23-18-12)17-15(20)22-9-10-6-4-3-5-7-10/h3-7H,2,9H2,1H3,(H,17,20). The Morgan fingerprint density at radius 2 is 2.04 bits per heavy atom. The second-order valence-electron chi connectivity index (χ2n) is 4.25. The minimum Gasteiger partial charge on any atom is -0.461 e. The highest BCUT2D eigenvalue weighted by molar-refractivity contribution is 5.93. The van der Waals surface area contributed by atoms with Crippen LogP contribution >= 0.6 is 0 Å². The van der Waals surface area contributed by atoms with Crippen LogP contribution in [0.5, 0.6) is 0 Å². The summed E-state index contributed by atoms with van der Waals surface area (Å²) in [4.78, 5) is 23.3. The molecule has 8 heteroatoms. The van der Waals surface area contributed by atoms with E-state index in [1.807, 2.05) is 18.2 Å². The molecule has 1 N–H and O–H groups in total. The monoisotopic (exact) mass is 315 g/mol. The molecule has 0 aliphatic carbocycles. The molecule has 1 amide bonds. The van der Waals surface area contributed by atoms with Gasteiger partial charge in [0, 0.05) is 0 Å². The van der Waals surface area contributed by atoms with Gasteiger partial charge < -0.3 is 14.0 Å². The first-order valence-electron chi connectivity index (χ1n) is 6.70. The van der Waals surface area contributed by atoms with Crippen LogP contribution in [0.2, 0.25) is 0 Å². The van der Waals surface area contributed by atoms with Crippen molar-refractivity contribution in [2.75, 3.05) is 11.9 Å². The Balaban J connectivity index is 2.01. The van der Waals surface area contributed by atoms with E-state index < -0.39 is 12.1 Å². The van der Waals surface area contributed by atoms with Gasteiger partial charge in [-0.15, -0.1) is 0 Å². The first kappa shape index (κ1) is 16.0. The quantitative estimate of drug-likeness (QED) is 0.843. The fraction of sp³-hybridized carbons (Fsp3) is 0.200. The van der Waals surface area contributed by atoms with Gasteiger partial charge in [-0.3, -0.25) is 5.32 Å². The van der Waals surface area contributed by atoms with Gasteiger partial charge in [0.1, 0.15) is 12.7 Å². The van der Waals surface area contributed by atoms with E-state index in [2.05, 4.69) is 10.5 Å². The minimum atomic E-state index is -0.836. The van der Waals surface area contributed by atoms with E-state index in [1.54, 1.807) is 25.1 Å². The van der Waals surface area contributed by atoms with Crippen molar-refractivity contribution in [2.24, 2.45) is 0 Å². The van der Waals surface area contributed by atoms with Gasteiger partial charge in [-0.05, 0) is 12.5 Å². The van der Waals surface area contributed by atoms with Crippen LogP contribution in [-0.4, -0.2) is 23.8 Å². The fourth-order valence-electron chi connectivity index (χ4n) is 1.67. The molecule has 1 aromatic heterocycles. The number of ether oxygens (including phenoxy) is 2. The lowest BCUT2D eigenvalue weighted by Crippen LogP contribution is -2.14. The summed E-state index contributed by atoms with van der Waals surface area (Å²) < 4.78 is 14.5. The van der Waals surface area contributed by atoms with Crippen LogP contribution in [0.3, 0.4) is 0 Å². The molecule has 118 valence electrons. The molecule has 1 aromatic carbocycles. The van der Waals surface area contributed by atoms with Crippen LogP contribution in [-0.2, 0) is 16.1 Å². The summed E-state index contributed by atoms with van der Waals surface area (Å²) >= 11 is 0.